The van der Waals surface area contributed by atoms with Crippen molar-refractivity contribution in [2.24, 2.45) is 0 Å². The number of hydrogen-bond donors (Lipinski definition) is 1. The number of nitrogens with zero attached hydrogens (tertiary/aromatic N) is 3. The summed E-state index contributed by atoms with van der Waals surface area (Å²) in [6, 6.07) is 11.2. The van der Waals surface area contributed by atoms with E-state index in [1.165, 1.54) is 12.1 Å². The molecule has 2 aromatic carbocycles. The number of carbonyl (C=O) groups excluding carboxylic acids is 1. The summed E-state index contributed by atoms with van der Waals surface area (Å²) >= 11 is 6.79. The minimum atomic E-state index is -0.902. The first kappa shape index (κ1) is 17.5. The van der Waals surface area contributed by atoms with E-state index in [0.717, 1.165) is 33.5 Å². The summed E-state index contributed by atoms with van der Waals surface area (Å²) in [4.78, 5) is 20.0. The number of aromatic nitrogens is 4. The van der Waals surface area contributed by atoms with Gasteiger partial charge in [-0.2, -0.15) is 0 Å². The van der Waals surface area contributed by atoms with E-state index >= 15 is 0 Å². The summed E-state index contributed by atoms with van der Waals surface area (Å²) in [7, 11) is 0. The molecule has 0 unspecified atom stereocenters. The summed E-state index contributed by atoms with van der Waals surface area (Å²) in [5, 5.41) is 15.9. The molecule has 1 N–H and O–H groups in total. The zero-order valence-electron chi connectivity index (χ0n) is 13.5. The van der Waals surface area contributed by atoms with Crippen molar-refractivity contribution in [3.63, 3.8) is 0 Å². The minimum absolute atomic E-state index is 0.0770. The molecular formula is C17H10ClFN4O3S. The average molecular weight is 405 g/mol. The summed E-state index contributed by atoms with van der Waals surface area (Å²) in [6.45, 7) is 0. The van der Waals surface area contributed by atoms with Crippen LogP contribution in [0.5, 0.6) is 5.95 Å². The van der Waals surface area contributed by atoms with E-state index in [1.807, 2.05) is 24.3 Å². The molecule has 4 aromatic rings. The number of hydrogen-bond acceptors (Lipinski definition) is 6. The highest BCUT2D eigenvalue weighted by Gasteiger charge is 2.28. The summed E-state index contributed by atoms with van der Waals surface area (Å²) < 4.78 is 19.2. The Balaban J connectivity index is 1.58. The highest BCUT2D eigenvalue weighted by atomic mass is 35.5. The maximum Gasteiger partial charge on any atom is 0.307 e. The highest BCUT2D eigenvalue weighted by molar-refractivity contribution is 7.99. The third-order valence-electron chi connectivity index (χ3n) is 3.73. The number of H-pyrrole nitrogens is 1. The first-order valence-corrected chi connectivity index (χ1v) is 9.04. The Morgan fingerprint density at radius 3 is 2.93 bits per heavy atom. The Labute approximate surface area is 160 Å². The summed E-state index contributed by atoms with van der Waals surface area (Å²) in [6.07, 6.45) is 0. The van der Waals surface area contributed by atoms with Crippen molar-refractivity contribution in [2.75, 3.05) is 5.75 Å². The van der Waals surface area contributed by atoms with Crippen LogP contribution in [0.3, 0.4) is 0 Å². The van der Waals surface area contributed by atoms with Crippen LogP contribution in [0, 0.1) is 5.82 Å². The smallest absolute Gasteiger partial charge is 0.307 e. The number of Topliss-reactive ketones (excluding diaryl/α,β-unsaturated/α-hetero) is 1. The lowest BCUT2D eigenvalue weighted by Gasteiger charge is -1.98. The molecule has 0 amide bonds. The van der Waals surface area contributed by atoms with Crippen molar-refractivity contribution < 1.29 is 23.5 Å². The van der Waals surface area contributed by atoms with Gasteiger partial charge in [-0.05, 0) is 22.9 Å². The number of fused-ring (bicyclic) bond motifs is 1. The molecule has 2 aromatic heterocycles. The fourth-order valence-corrected chi connectivity index (χ4v) is 3.34. The van der Waals surface area contributed by atoms with E-state index in [4.69, 9.17) is 11.6 Å². The molecule has 0 aliphatic heterocycles. The van der Waals surface area contributed by atoms with E-state index in [2.05, 4.69) is 19.8 Å². The predicted octanol–water partition coefficient (Wildman–Crippen LogP) is 2.67. The number of rotatable bonds is 5. The van der Waals surface area contributed by atoms with Crippen LogP contribution in [0.15, 0.2) is 52.1 Å². The van der Waals surface area contributed by atoms with Crippen molar-refractivity contribution in [2.45, 2.75) is 5.16 Å². The van der Waals surface area contributed by atoms with Gasteiger partial charge >= 0.3 is 5.69 Å². The van der Waals surface area contributed by atoms with Crippen LogP contribution in [0.2, 0.25) is 5.02 Å². The van der Waals surface area contributed by atoms with Gasteiger partial charge in [0.1, 0.15) is 5.82 Å². The lowest BCUT2D eigenvalue weighted by atomic mass is 10.2. The molecule has 0 radical (unpaired) electrons. The predicted molar refractivity (Wildman–Crippen MR) is 93.6 cm³/mol. The molecular weight excluding hydrogens is 395 g/mol. The van der Waals surface area contributed by atoms with Crippen LogP contribution in [-0.2, 0) is 0 Å². The normalized spacial score (nSPS) is 11.2. The van der Waals surface area contributed by atoms with E-state index in [1.54, 1.807) is 0 Å². The van der Waals surface area contributed by atoms with E-state index in [-0.39, 0.29) is 22.2 Å². The number of para-hydroxylation sites is 2. The second-order valence-electron chi connectivity index (χ2n) is 5.49. The molecule has 10 heteroatoms. The highest BCUT2D eigenvalue weighted by Crippen LogP contribution is 2.22. The number of ketones is 1. The molecule has 0 bridgehead atoms. The Bertz CT molecular complexity index is 1130. The quantitative estimate of drug-likeness (QED) is 0.312. The second kappa shape index (κ2) is 7.01. The molecule has 0 saturated heterocycles. The zero-order valence-corrected chi connectivity index (χ0v) is 15.1. The number of thioether (sulfide) groups is 1. The SMILES string of the molecule is O=C(CSc1nc2ccccc2[nH]1)c1c([O-])on[n+]1-c1ccc(Cl)c(F)c1. The Hall–Kier alpha value is -2.91. The van der Waals surface area contributed by atoms with E-state index < -0.39 is 17.5 Å². The van der Waals surface area contributed by atoms with Crippen LogP contribution in [-0.4, -0.2) is 26.8 Å². The summed E-state index contributed by atoms with van der Waals surface area (Å²) in [5.41, 5.74) is 1.46. The number of benzene rings is 2. The van der Waals surface area contributed by atoms with Crippen molar-refractivity contribution in [3.8, 4) is 11.6 Å². The largest absolute Gasteiger partial charge is 0.539 e. The number of aromatic amines is 1. The standard InChI is InChI=1S/C17H10ClFN4O3S/c18-10-6-5-9(7-11(10)19)23-15(16(25)26-22-23)14(24)8-27-17-20-12-3-1-2-4-13(12)21-17/h1-7H,8H2,(H-,20,21,22,24,25). The molecule has 0 aliphatic carbocycles. The number of carbonyl (C=O) groups is 1. The lowest BCUT2D eigenvalue weighted by Crippen LogP contribution is -2.39. The van der Waals surface area contributed by atoms with Gasteiger partial charge in [0.25, 0.3) is 0 Å². The molecule has 4 rings (SSSR count). The number of nitrogens with one attached hydrogen (secondary N) is 1. The fraction of sp³-hybridized carbons (Fsp3) is 0.0588. The molecule has 136 valence electrons. The van der Waals surface area contributed by atoms with Crippen molar-refractivity contribution >= 4 is 40.2 Å². The van der Waals surface area contributed by atoms with Crippen molar-refractivity contribution in [3.05, 3.63) is 59.0 Å². The van der Waals surface area contributed by atoms with Gasteiger partial charge in [-0.15, -0.1) is 0 Å². The minimum Gasteiger partial charge on any atom is -0.539 e. The van der Waals surface area contributed by atoms with Crippen molar-refractivity contribution in [1.29, 1.82) is 0 Å². The molecule has 0 fully saturated rings. The van der Waals surface area contributed by atoms with Gasteiger partial charge in [0.2, 0.25) is 11.5 Å². The second-order valence-corrected chi connectivity index (χ2v) is 6.86. The monoisotopic (exact) mass is 404 g/mol. The van der Waals surface area contributed by atoms with Gasteiger partial charge in [-0.25, -0.2) is 9.37 Å². The Morgan fingerprint density at radius 1 is 1.33 bits per heavy atom. The van der Waals surface area contributed by atoms with Crippen LogP contribution >= 0.6 is 23.4 Å². The lowest BCUT2D eigenvalue weighted by molar-refractivity contribution is -0.672. The van der Waals surface area contributed by atoms with Crippen LogP contribution in [0.4, 0.5) is 4.39 Å². The molecule has 7 nitrogen and oxygen atoms in total. The van der Waals surface area contributed by atoms with Gasteiger partial charge in [-0.1, -0.05) is 35.5 Å². The first-order chi connectivity index (χ1) is 13.0. The van der Waals surface area contributed by atoms with Gasteiger partial charge < -0.3 is 14.6 Å². The fourth-order valence-electron chi connectivity index (χ4n) is 2.47. The third kappa shape index (κ3) is 3.38. The first-order valence-electron chi connectivity index (χ1n) is 7.68. The van der Waals surface area contributed by atoms with E-state index in [0.29, 0.717) is 5.16 Å². The maximum atomic E-state index is 13.7. The van der Waals surface area contributed by atoms with Gasteiger partial charge in [0.15, 0.2) is 11.1 Å². The molecule has 27 heavy (non-hydrogen) atoms. The van der Waals surface area contributed by atoms with Gasteiger partial charge in [0.05, 0.1) is 33.1 Å². The molecule has 2 heterocycles. The maximum absolute atomic E-state index is 13.7. The number of halogens is 2. The Morgan fingerprint density at radius 2 is 2.15 bits per heavy atom. The van der Waals surface area contributed by atoms with Crippen LogP contribution < -0.4 is 9.79 Å². The molecule has 0 atom stereocenters. The van der Waals surface area contributed by atoms with Crippen LogP contribution in [0.1, 0.15) is 10.5 Å². The van der Waals surface area contributed by atoms with Crippen LogP contribution in [0.25, 0.3) is 16.7 Å². The number of imidazole rings is 1. The third-order valence-corrected chi connectivity index (χ3v) is 4.91. The topological polar surface area (TPSA) is 98.7 Å². The average Bonchev–Trinajstić information content (AvgIpc) is 3.25. The summed E-state index contributed by atoms with van der Waals surface area (Å²) in [5.74, 6) is -2.21. The van der Waals surface area contributed by atoms with Gasteiger partial charge in [-0.3, -0.25) is 4.79 Å². The molecule has 0 spiro atoms. The molecule has 0 aliphatic rings. The van der Waals surface area contributed by atoms with Crippen molar-refractivity contribution in [1.82, 2.24) is 15.2 Å². The molecule has 0 saturated carbocycles. The van der Waals surface area contributed by atoms with E-state index in [9.17, 15) is 14.3 Å². The van der Waals surface area contributed by atoms with Gasteiger partial charge in [0, 0.05) is 6.07 Å². The zero-order chi connectivity index (χ0) is 19.0. The Kier molecular flexibility index (Phi) is 4.54.